The normalized spacial score (nSPS) is 14.8. The third-order valence-corrected chi connectivity index (χ3v) is 4.06. The predicted octanol–water partition coefficient (Wildman–Crippen LogP) is 3.68. The predicted molar refractivity (Wildman–Crippen MR) is 77.8 cm³/mol. The summed E-state index contributed by atoms with van der Waals surface area (Å²) in [5.41, 5.74) is 11.3. The molecule has 0 aliphatic heterocycles. The highest BCUT2D eigenvalue weighted by atomic mass is 127. The lowest BCUT2D eigenvalue weighted by atomic mass is 10.1. The highest BCUT2D eigenvalue weighted by Crippen LogP contribution is 2.30. The van der Waals surface area contributed by atoms with Crippen LogP contribution in [0.25, 0.3) is 10.4 Å². The topological polar surface area (TPSA) is 38.9 Å². The lowest BCUT2D eigenvalue weighted by Crippen LogP contribution is -2.24. The van der Waals surface area contributed by atoms with Gasteiger partial charge in [-0.05, 0) is 25.0 Å². The van der Waals surface area contributed by atoms with E-state index in [4.69, 9.17) is 5.73 Å². The summed E-state index contributed by atoms with van der Waals surface area (Å²) in [5.74, 6) is 0. The number of halogens is 1. The quantitative estimate of drug-likeness (QED) is 0.513. The zero-order valence-corrected chi connectivity index (χ0v) is 12.2. The van der Waals surface area contributed by atoms with Gasteiger partial charge in [0, 0.05) is 0 Å². The van der Waals surface area contributed by atoms with Gasteiger partial charge in [0.05, 0.1) is 19.6 Å². The van der Waals surface area contributed by atoms with E-state index in [9.17, 15) is 0 Å². The second-order valence-electron chi connectivity index (χ2n) is 3.92. The number of hydrogen-bond donors (Lipinski definition) is 1. The van der Waals surface area contributed by atoms with Crippen LogP contribution in [0.1, 0.15) is 18.2 Å². The van der Waals surface area contributed by atoms with Crippen LogP contribution >= 0.6 is 33.9 Å². The highest BCUT2D eigenvalue weighted by molar-refractivity contribution is 14.1. The van der Waals surface area contributed by atoms with Gasteiger partial charge in [-0.1, -0.05) is 46.9 Å². The maximum absolute atomic E-state index is 6.03. The first-order valence-corrected chi connectivity index (χ1v) is 6.93. The Bertz CT molecular complexity index is 482. The van der Waals surface area contributed by atoms with Crippen molar-refractivity contribution >= 4 is 33.9 Å². The van der Waals surface area contributed by atoms with Gasteiger partial charge in [-0.2, -0.15) is 0 Å². The molecule has 16 heavy (non-hydrogen) atoms. The molecule has 0 saturated heterocycles. The number of hydrogen-bond acceptors (Lipinski definition) is 3. The molecule has 84 valence electrons. The molecule has 0 saturated carbocycles. The molecule has 2 aromatic rings. The van der Waals surface area contributed by atoms with Gasteiger partial charge in [0.15, 0.2) is 0 Å². The van der Waals surface area contributed by atoms with Crippen LogP contribution in [-0.4, -0.2) is 4.98 Å². The first-order valence-electron chi connectivity index (χ1n) is 4.97. The number of nitrogens with two attached hydrogens (primary N) is 1. The average molecular weight is 344 g/mol. The van der Waals surface area contributed by atoms with Gasteiger partial charge in [-0.25, -0.2) is 4.98 Å². The molecule has 1 aromatic heterocycles. The minimum Gasteiger partial charge on any atom is -0.313 e. The van der Waals surface area contributed by atoms with Gasteiger partial charge in [0.1, 0.15) is 0 Å². The van der Waals surface area contributed by atoms with Crippen molar-refractivity contribution in [2.75, 3.05) is 0 Å². The molecule has 2 N–H and O–H groups in total. The van der Waals surface area contributed by atoms with Crippen molar-refractivity contribution in [2.24, 2.45) is 5.73 Å². The number of aromatic nitrogens is 1. The molecule has 0 amide bonds. The van der Waals surface area contributed by atoms with E-state index in [0.717, 1.165) is 11.3 Å². The Balaban J connectivity index is 2.37. The Hall–Kier alpha value is -0.460. The van der Waals surface area contributed by atoms with Gasteiger partial charge >= 0.3 is 0 Å². The molecule has 1 aromatic carbocycles. The lowest BCUT2D eigenvalue weighted by molar-refractivity contribution is 0.780. The Kier molecular flexibility index (Phi) is 3.32. The van der Waals surface area contributed by atoms with Crippen molar-refractivity contribution in [1.29, 1.82) is 0 Å². The fraction of sp³-hybridized carbons (Fsp3) is 0.250. The summed E-state index contributed by atoms with van der Waals surface area (Å²) in [6, 6.07) is 8.39. The molecule has 0 spiro atoms. The van der Waals surface area contributed by atoms with Gasteiger partial charge in [0.25, 0.3) is 0 Å². The summed E-state index contributed by atoms with van der Waals surface area (Å²) in [7, 11) is 0. The lowest BCUT2D eigenvalue weighted by Gasteiger charge is -2.17. The van der Waals surface area contributed by atoms with Crippen molar-refractivity contribution < 1.29 is 0 Å². The van der Waals surface area contributed by atoms with Crippen LogP contribution in [0.3, 0.4) is 0 Å². The minimum absolute atomic E-state index is 0.307. The molecule has 2 rings (SSSR count). The highest BCUT2D eigenvalue weighted by Gasteiger charge is 2.16. The molecule has 2 nitrogen and oxygen atoms in total. The van der Waals surface area contributed by atoms with Crippen molar-refractivity contribution in [2.45, 2.75) is 17.4 Å². The van der Waals surface area contributed by atoms with Gasteiger partial charge < -0.3 is 5.73 Å². The van der Waals surface area contributed by atoms with E-state index in [0.29, 0.717) is 0 Å². The van der Waals surface area contributed by atoms with Crippen LogP contribution in [0.5, 0.6) is 0 Å². The van der Waals surface area contributed by atoms with E-state index >= 15 is 0 Å². The molecule has 0 bridgehead atoms. The molecule has 4 heteroatoms. The largest absolute Gasteiger partial charge is 0.313 e. The van der Waals surface area contributed by atoms with Gasteiger partial charge in [-0.15, -0.1) is 11.3 Å². The summed E-state index contributed by atoms with van der Waals surface area (Å²) in [4.78, 5) is 5.49. The number of thiazole rings is 1. The van der Waals surface area contributed by atoms with E-state index < -0.39 is 0 Å². The molecule has 0 aliphatic carbocycles. The zero-order chi connectivity index (χ0) is 11.8. The van der Waals surface area contributed by atoms with E-state index in [1.165, 1.54) is 10.4 Å². The van der Waals surface area contributed by atoms with Crippen molar-refractivity contribution in [3.05, 3.63) is 41.0 Å². The zero-order valence-electron chi connectivity index (χ0n) is 9.20. The summed E-state index contributed by atoms with van der Waals surface area (Å²) in [6.45, 7) is 4.03. The second-order valence-corrected chi connectivity index (χ2v) is 7.02. The number of nitrogens with zero attached hydrogens (tertiary/aromatic N) is 1. The monoisotopic (exact) mass is 344 g/mol. The Morgan fingerprint density at radius 2 is 1.94 bits per heavy atom. The molecular formula is C12H13IN2S. The fourth-order valence-electron chi connectivity index (χ4n) is 1.53. The van der Waals surface area contributed by atoms with Crippen molar-refractivity contribution in [3.63, 3.8) is 0 Å². The summed E-state index contributed by atoms with van der Waals surface area (Å²) in [5, 5.41) is 0. The standard InChI is InChI=1S/C12H13IN2S/c1-8-11(16-7-15-8)9-3-5-10(6-4-9)12(2,13)14/h3-7H,14H2,1-2H3/t12-/m1/s1. The van der Waals surface area contributed by atoms with E-state index in [1.807, 2.05) is 19.4 Å². The molecule has 0 unspecified atom stereocenters. The molecule has 0 fully saturated rings. The van der Waals surface area contributed by atoms with Crippen molar-refractivity contribution in [1.82, 2.24) is 4.98 Å². The fourth-order valence-corrected chi connectivity index (χ4v) is 2.70. The SMILES string of the molecule is Cc1ncsc1-c1ccc([C@@](C)(N)I)cc1. The first kappa shape index (κ1) is 12.0. The Morgan fingerprint density at radius 3 is 2.38 bits per heavy atom. The number of alkyl halides is 1. The first-order chi connectivity index (χ1) is 7.48. The smallest absolute Gasteiger partial charge is 0.0906 e. The minimum atomic E-state index is -0.307. The third-order valence-electron chi connectivity index (χ3n) is 2.46. The van der Waals surface area contributed by atoms with Crippen LogP contribution < -0.4 is 5.73 Å². The molecule has 0 aliphatic rings. The van der Waals surface area contributed by atoms with E-state index in [1.54, 1.807) is 11.3 Å². The van der Waals surface area contributed by atoms with Gasteiger partial charge in [-0.3, -0.25) is 0 Å². The third kappa shape index (κ3) is 2.44. The van der Waals surface area contributed by atoms with Gasteiger partial charge in [0.2, 0.25) is 0 Å². The Morgan fingerprint density at radius 1 is 1.31 bits per heavy atom. The molecule has 0 radical (unpaired) electrons. The Labute approximate surface area is 113 Å². The number of rotatable bonds is 2. The van der Waals surface area contributed by atoms with Crippen LogP contribution in [-0.2, 0) is 3.55 Å². The van der Waals surface area contributed by atoms with Crippen LogP contribution in [0, 0.1) is 6.92 Å². The average Bonchev–Trinajstić information content (AvgIpc) is 2.63. The van der Waals surface area contributed by atoms with Crippen LogP contribution in [0.2, 0.25) is 0 Å². The number of aryl methyl sites for hydroxylation is 1. The number of benzene rings is 1. The van der Waals surface area contributed by atoms with E-state index in [-0.39, 0.29) is 3.55 Å². The maximum atomic E-state index is 6.03. The van der Waals surface area contributed by atoms with E-state index in [2.05, 4.69) is 51.8 Å². The second kappa shape index (κ2) is 4.43. The molecular weight excluding hydrogens is 331 g/mol. The molecule has 1 heterocycles. The summed E-state index contributed by atoms with van der Waals surface area (Å²) >= 11 is 3.91. The van der Waals surface area contributed by atoms with Crippen molar-refractivity contribution in [3.8, 4) is 10.4 Å². The van der Waals surface area contributed by atoms with Crippen LogP contribution in [0.15, 0.2) is 29.8 Å². The summed E-state index contributed by atoms with van der Waals surface area (Å²) < 4.78 is -0.307. The van der Waals surface area contributed by atoms with Crippen LogP contribution in [0.4, 0.5) is 0 Å². The molecule has 1 atom stereocenters. The summed E-state index contributed by atoms with van der Waals surface area (Å²) in [6.07, 6.45) is 0. The maximum Gasteiger partial charge on any atom is 0.0906 e.